The molecule has 0 aliphatic carbocycles. The summed E-state index contributed by atoms with van der Waals surface area (Å²) in [4.78, 5) is 29.7. The van der Waals surface area contributed by atoms with Crippen LogP contribution in [0.1, 0.15) is 27.3 Å². The standard InChI is InChI=1S/C25H24N4O4/c1-15-9-11-18(12-10-15)33-21-8-6-5-7-20(21)27-22(30)14-32-25(31)19-13-16(2)26-24-23(19)17(3)28-29(24)4/h5-13H,14H2,1-4H3,(H,27,30). The first-order valence-corrected chi connectivity index (χ1v) is 10.4. The van der Waals surface area contributed by atoms with Gasteiger partial charge in [-0.3, -0.25) is 9.48 Å². The second-order valence-electron chi connectivity index (χ2n) is 7.75. The summed E-state index contributed by atoms with van der Waals surface area (Å²) in [6.07, 6.45) is 0. The van der Waals surface area contributed by atoms with Gasteiger partial charge in [0.25, 0.3) is 5.91 Å². The third-order valence-corrected chi connectivity index (χ3v) is 5.06. The summed E-state index contributed by atoms with van der Waals surface area (Å²) in [5, 5.41) is 7.69. The lowest BCUT2D eigenvalue weighted by atomic mass is 10.1. The van der Waals surface area contributed by atoms with E-state index in [9.17, 15) is 9.59 Å². The molecule has 2 aromatic carbocycles. The third-order valence-electron chi connectivity index (χ3n) is 5.06. The SMILES string of the molecule is Cc1ccc(Oc2ccccc2NC(=O)COC(=O)c2cc(C)nc3c2c(C)nn3C)cc1. The predicted molar refractivity (Wildman–Crippen MR) is 125 cm³/mol. The van der Waals surface area contributed by atoms with Gasteiger partial charge in [-0.15, -0.1) is 0 Å². The second-order valence-corrected chi connectivity index (χ2v) is 7.75. The molecule has 4 aromatic rings. The maximum Gasteiger partial charge on any atom is 0.339 e. The van der Waals surface area contributed by atoms with Crippen LogP contribution in [0, 0.1) is 20.8 Å². The number of carbonyl (C=O) groups is 2. The fourth-order valence-electron chi connectivity index (χ4n) is 3.52. The summed E-state index contributed by atoms with van der Waals surface area (Å²) < 4.78 is 12.8. The number of carbonyl (C=O) groups excluding carboxylic acids is 2. The Balaban J connectivity index is 1.45. The first-order chi connectivity index (χ1) is 15.8. The number of anilines is 1. The zero-order valence-corrected chi connectivity index (χ0v) is 18.9. The van der Waals surface area contributed by atoms with Crippen LogP contribution >= 0.6 is 0 Å². The van der Waals surface area contributed by atoms with Crippen molar-refractivity contribution in [3.05, 3.63) is 77.1 Å². The number of esters is 1. The van der Waals surface area contributed by atoms with Crippen molar-refractivity contribution in [3.63, 3.8) is 0 Å². The fraction of sp³-hybridized carbons (Fsp3) is 0.200. The molecular weight excluding hydrogens is 420 g/mol. The lowest BCUT2D eigenvalue weighted by Crippen LogP contribution is -2.21. The molecule has 0 saturated carbocycles. The van der Waals surface area contributed by atoms with Gasteiger partial charge in [-0.05, 0) is 51.1 Å². The highest BCUT2D eigenvalue weighted by Crippen LogP contribution is 2.29. The molecule has 0 aliphatic rings. The molecule has 0 fully saturated rings. The van der Waals surface area contributed by atoms with Crippen molar-refractivity contribution in [2.45, 2.75) is 20.8 Å². The molecule has 1 N–H and O–H groups in total. The smallest absolute Gasteiger partial charge is 0.339 e. The molecule has 0 saturated heterocycles. The van der Waals surface area contributed by atoms with Crippen molar-refractivity contribution in [2.75, 3.05) is 11.9 Å². The van der Waals surface area contributed by atoms with E-state index in [0.29, 0.717) is 45.2 Å². The number of fused-ring (bicyclic) bond motifs is 1. The van der Waals surface area contributed by atoms with Crippen molar-refractivity contribution in [2.24, 2.45) is 7.05 Å². The predicted octanol–water partition coefficient (Wildman–Crippen LogP) is 4.48. The number of nitrogens with zero attached hydrogens (tertiary/aromatic N) is 3. The average Bonchev–Trinajstić information content (AvgIpc) is 3.07. The molecule has 2 aromatic heterocycles. The highest BCUT2D eigenvalue weighted by Gasteiger charge is 2.20. The van der Waals surface area contributed by atoms with Crippen LogP contribution in [0.2, 0.25) is 0 Å². The van der Waals surface area contributed by atoms with Gasteiger partial charge >= 0.3 is 5.97 Å². The Morgan fingerprint density at radius 1 is 1.03 bits per heavy atom. The Morgan fingerprint density at radius 3 is 2.52 bits per heavy atom. The number of para-hydroxylation sites is 2. The monoisotopic (exact) mass is 444 g/mol. The van der Waals surface area contributed by atoms with Gasteiger partial charge in [0, 0.05) is 12.7 Å². The fourth-order valence-corrected chi connectivity index (χ4v) is 3.52. The molecule has 0 unspecified atom stereocenters. The van der Waals surface area contributed by atoms with Crippen LogP contribution in [-0.2, 0) is 16.6 Å². The van der Waals surface area contributed by atoms with Crippen LogP contribution in [-0.4, -0.2) is 33.2 Å². The minimum absolute atomic E-state index is 0.332. The maximum atomic E-state index is 12.8. The summed E-state index contributed by atoms with van der Waals surface area (Å²) in [5.74, 6) is 0.0466. The first kappa shape index (κ1) is 22.0. The number of hydrogen-bond acceptors (Lipinski definition) is 6. The van der Waals surface area contributed by atoms with E-state index in [4.69, 9.17) is 9.47 Å². The number of ether oxygens (including phenoxy) is 2. The van der Waals surface area contributed by atoms with Gasteiger partial charge in [-0.2, -0.15) is 5.10 Å². The summed E-state index contributed by atoms with van der Waals surface area (Å²) in [6.45, 7) is 5.14. The molecular formula is C25H24N4O4. The van der Waals surface area contributed by atoms with Crippen LogP contribution in [0.3, 0.4) is 0 Å². The van der Waals surface area contributed by atoms with Gasteiger partial charge in [-0.1, -0.05) is 29.8 Å². The topological polar surface area (TPSA) is 95.3 Å². The van der Waals surface area contributed by atoms with E-state index in [2.05, 4.69) is 15.4 Å². The van der Waals surface area contributed by atoms with E-state index < -0.39 is 18.5 Å². The maximum absolute atomic E-state index is 12.8. The van der Waals surface area contributed by atoms with Gasteiger partial charge in [-0.25, -0.2) is 9.78 Å². The van der Waals surface area contributed by atoms with Crippen LogP contribution in [0.4, 0.5) is 5.69 Å². The Hall–Kier alpha value is -4.20. The number of benzene rings is 2. The Morgan fingerprint density at radius 2 is 1.76 bits per heavy atom. The van der Waals surface area contributed by atoms with Crippen LogP contribution in [0.25, 0.3) is 11.0 Å². The molecule has 0 radical (unpaired) electrons. The van der Waals surface area contributed by atoms with Crippen molar-refractivity contribution in [1.29, 1.82) is 0 Å². The summed E-state index contributed by atoms with van der Waals surface area (Å²) >= 11 is 0. The highest BCUT2D eigenvalue weighted by molar-refractivity contribution is 6.05. The number of pyridine rings is 1. The Kier molecular flexibility index (Phi) is 6.08. The summed E-state index contributed by atoms with van der Waals surface area (Å²) in [6, 6.07) is 16.3. The molecule has 0 spiro atoms. The van der Waals surface area contributed by atoms with Crippen LogP contribution < -0.4 is 10.1 Å². The Labute approximate surface area is 191 Å². The van der Waals surface area contributed by atoms with Crippen molar-refractivity contribution < 1.29 is 19.1 Å². The zero-order valence-electron chi connectivity index (χ0n) is 18.9. The van der Waals surface area contributed by atoms with E-state index in [1.807, 2.05) is 37.3 Å². The number of aryl methyl sites for hydroxylation is 4. The number of aromatic nitrogens is 3. The van der Waals surface area contributed by atoms with Crippen molar-refractivity contribution >= 4 is 28.6 Å². The lowest BCUT2D eigenvalue weighted by Gasteiger charge is -2.13. The van der Waals surface area contributed by atoms with Crippen molar-refractivity contribution in [3.8, 4) is 11.5 Å². The van der Waals surface area contributed by atoms with Crippen LogP contribution in [0.5, 0.6) is 11.5 Å². The quantitative estimate of drug-likeness (QED) is 0.441. The average molecular weight is 444 g/mol. The molecule has 8 heteroatoms. The van der Waals surface area contributed by atoms with Gasteiger partial charge in [0.1, 0.15) is 5.75 Å². The molecule has 4 rings (SSSR count). The van der Waals surface area contributed by atoms with Crippen LogP contribution in [0.15, 0.2) is 54.6 Å². The molecule has 8 nitrogen and oxygen atoms in total. The molecule has 2 heterocycles. The van der Waals surface area contributed by atoms with Crippen molar-refractivity contribution in [1.82, 2.24) is 14.8 Å². The van der Waals surface area contributed by atoms with E-state index in [-0.39, 0.29) is 0 Å². The minimum atomic E-state index is -0.610. The van der Waals surface area contributed by atoms with E-state index in [1.165, 1.54) is 0 Å². The highest BCUT2D eigenvalue weighted by atomic mass is 16.5. The molecule has 168 valence electrons. The van der Waals surface area contributed by atoms with Gasteiger partial charge in [0.2, 0.25) is 0 Å². The van der Waals surface area contributed by atoms with Gasteiger partial charge < -0.3 is 14.8 Å². The number of rotatable bonds is 6. The molecule has 33 heavy (non-hydrogen) atoms. The van der Waals surface area contributed by atoms with Gasteiger partial charge in [0.05, 0.1) is 22.3 Å². The zero-order chi connectivity index (χ0) is 23.5. The molecule has 1 amide bonds. The number of amides is 1. The third kappa shape index (κ3) is 4.85. The lowest BCUT2D eigenvalue weighted by molar-refractivity contribution is -0.119. The summed E-state index contributed by atoms with van der Waals surface area (Å²) in [5.41, 5.74) is 3.84. The Bertz CT molecular complexity index is 1340. The largest absolute Gasteiger partial charge is 0.455 e. The number of nitrogens with one attached hydrogen (secondary N) is 1. The second kappa shape index (κ2) is 9.12. The minimum Gasteiger partial charge on any atom is -0.455 e. The van der Waals surface area contributed by atoms with E-state index >= 15 is 0 Å². The summed E-state index contributed by atoms with van der Waals surface area (Å²) in [7, 11) is 1.76. The molecule has 0 bridgehead atoms. The van der Waals surface area contributed by atoms with Gasteiger partial charge in [0.15, 0.2) is 18.0 Å². The molecule has 0 atom stereocenters. The first-order valence-electron chi connectivity index (χ1n) is 10.4. The van der Waals surface area contributed by atoms with E-state index in [0.717, 1.165) is 5.56 Å². The number of hydrogen-bond donors (Lipinski definition) is 1. The molecule has 0 aliphatic heterocycles. The normalized spacial score (nSPS) is 10.8. The van der Waals surface area contributed by atoms with E-state index in [1.54, 1.807) is 49.8 Å².